The van der Waals surface area contributed by atoms with Crippen molar-refractivity contribution in [2.75, 3.05) is 32.9 Å². The highest BCUT2D eigenvalue weighted by Crippen LogP contribution is 2.11. The van der Waals surface area contributed by atoms with Gasteiger partial charge in [0.15, 0.2) is 5.96 Å². The van der Waals surface area contributed by atoms with E-state index in [9.17, 15) is 0 Å². The first-order valence-corrected chi connectivity index (χ1v) is 8.37. The summed E-state index contributed by atoms with van der Waals surface area (Å²) in [5.41, 5.74) is 0. The van der Waals surface area contributed by atoms with Gasteiger partial charge in [0.2, 0.25) is 0 Å². The first-order chi connectivity index (χ1) is 10.1. The van der Waals surface area contributed by atoms with Crippen molar-refractivity contribution in [1.29, 1.82) is 0 Å². The predicted octanol–water partition coefficient (Wildman–Crippen LogP) is 2.79. The highest BCUT2D eigenvalue weighted by molar-refractivity contribution is 14.0. The fourth-order valence-electron chi connectivity index (χ4n) is 2.05. The Morgan fingerprint density at radius 1 is 1.36 bits per heavy atom. The van der Waals surface area contributed by atoms with Crippen LogP contribution in [0.1, 0.15) is 47.0 Å². The number of aliphatic imine (C=N–C) groups is 1. The monoisotopic (exact) mass is 427 g/mol. The highest BCUT2D eigenvalue weighted by Gasteiger charge is 2.14. The van der Waals surface area contributed by atoms with Gasteiger partial charge in [-0.1, -0.05) is 13.8 Å². The number of halogens is 1. The molecule has 132 valence electrons. The zero-order valence-corrected chi connectivity index (χ0v) is 16.9. The Kier molecular flexibility index (Phi) is 13.3. The van der Waals surface area contributed by atoms with Gasteiger partial charge in [-0.05, 0) is 39.0 Å². The van der Waals surface area contributed by atoms with Crippen molar-refractivity contribution in [2.45, 2.75) is 59.1 Å². The molecule has 22 heavy (non-hydrogen) atoms. The van der Waals surface area contributed by atoms with Crippen LogP contribution in [-0.2, 0) is 9.47 Å². The van der Waals surface area contributed by atoms with Gasteiger partial charge in [-0.2, -0.15) is 0 Å². The van der Waals surface area contributed by atoms with Gasteiger partial charge in [0.05, 0.1) is 12.7 Å². The van der Waals surface area contributed by atoms with Gasteiger partial charge in [-0.15, -0.1) is 24.0 Å². The van der Waals surface area contributed by atoms with Crippen molar-refractivity contribution in [1.82, 2.24) is 10.6 Å². The molecule has 0 aliphatic carbocycles. The van der Waals surface area contributed by atoms with Crippen LogP contribution in [0.5, 0.6) is 0 Å². The Bertz CT molecular complexity index is 295. The molecule has 2 N–H and O–H groups in total. The molecule has 6 heteroatoms. The summed E-state index contributed by atoms with van der Waals surface area (Å²) in [5, 5.41) is 6.71. The second-order valence-electron chi connectivity index (χ2n) is 6.00. The van der Waals surface area contributed by atoms with Crippen molar-refractivity contribution < 1.29 is 9.47 Å². The van der Waals surface area contributed by atoms with Crippen molar-refractivity contribution in [3.8, 4) is 0 Å². The summed E-state index contributed by atoms with van der Waals surface area (Å²) in [7, 11) is 0. The lowest BCUT2D eigenvalue weighted by atomic mass is 10.1. The van der Waals surface area contributed by atoms with Crippen LogP contribution in [0, 0.1) is 5.92 Å². The summed E-state index contributed by atoms with van der Waals surface area (Å²) in [5.74, 6) is 1.49. The number of guanidine groups is 1. The zero-order valence-electron chi connectivity index (χ0n) is 14.6. The fourth-order valence-corrected chi connectivity index (χ4v) is 2.05. The quantitative estimate of drug-likeness (QED) is 0.257. The Morgan fingerprint density at radius 3 is 2.73 bits per heavy atom. The van der Waals surface area contributed by atoms with Crippen molar-refractivity contribution in [3.63, 3.8) is 0 Å². The molecule has 1 fully saturated rings. The molecule has 1 heterocycles. The molecule has 0 bridgehead atoms. The predicted molar refractivity (Wildman–Crippen MR) is 103 cm³/mol. The van der Waals surface area contributed by atoms with E-state index in [2.05, 4.69) is 43.3 Å². The average molecular weight is 427 g/mol. The van der Waals surface area contributed by atoms with E-state index in [1.54, 1.807) is 0 Å². The lowest BCUT2D eigenvalue weighted by Gasteiger charge is -2.20. The maximum absolute atomic E-state index is 5.64. The standard InChI is InChI=1S/C16H33N3O2.HI/c1-5-17-16(19-14(4)13(2)3)18-9-7-10-20-12-15-8-6-11-21-15;/h13-15H,5-12H2,1-4H3,(H2,17,18,19);1H. The molecule has 1 aliphatic rings. The summed E-state index contributed by atoms with van der Waals surface area (Å²) in [6.45, 7) is 12.7. The largest absolute Gasteiger partial charge is 0.379 e. The van der Waals surface area contributed by atoms with Crippen LogP contribution in [0.25, 0.3) is 0 Å². The summed E-state index contributed by atoms with van der Waals surface area (Å²) in [4.78, 5) is 4.59. The highest BCUT2D eigenvalue weighted by atomic mass is 127. The number of hydrogen-bond acceptors (Lipinski definition) is 3. The maximum atomic E-state index is 5.64. The Labute approximate surface area is 153 Å². The lowest BCUT2D eigenvalue weighted by molar-refractivity contribution is 0.0171. The van der Waals surface area contributed by atoms with Gasteiger partial charge in [0.1, 0.15) is 0 Å². The SMILES string of the molecule is CCNC(=NCCCOCC1CCCO1)NC(C)C(C)C.I. The summed E-state index contributed by atoms with van der Waals surface area (Å²) in [6.07, 6.45) is 3.57. The zero-order chi connectivity index (χ0) is 15.5. The van der Waals surface area contributed by atoms with E-state index in [0.717, 1.165) is 51.7 Å². The minimum Gasteiger partial charge on any atom is -0.379 e. The minimum absolute atomic E-state index is 0. The van der Waals surface area contributed by atoms with Crippen LogP contribution >= 0.6 is 24.0 Å². The molecule has 0 amide bonds. The first kappa shape index (κ1) is 21.9. The number of ether oxygens (including phenoxy) is 2. The molecular formula is C16H34IN3O2. The Balaban J connectivity index is 0.00000441. The molecule has 0 aromatic carbocycles. The van der Waals surface area contributed by atoms with Gasteiger partial charge in [-0.3, -0.25) is 4.99 Å². The second kappa shape index (κ2) is 13.4. The topological polar surface area (TPSA) is 54.9 Å². The van der Waals surface area contributed by atoms with Crippen LogP contribution in [0.3, 0.4) is 0 Å². The fraction of sp³-hybridized carbons (Fsp3) is 0.938. The molecule has 0 aromatic heterocycles. The molecule has 0 spiro atoms. The van der Waals surface area contributed by atoms with Crippen LogP contribution in [0.4, 0.5) is 0 Å². The molecule has 5 nitrogen and oxygen atoms in total. The molecule has 0 saturated carbocycles. The van der Waals surface area contributed by atoms with Gasteiger partial charge >= 0.3 is 0 Å². The molecule has 2 atom stereocenters. The van der Waals surface area contributed by atoms with Gasteiger partial charge in [-0.25, -0.2) is 0 Å². The van der Waals surface area contributed by atoms with Crippen molar-refractivity contribution in [3.05, 3.63) is 0 Å². The first-order valence-electron chi connectivity index (χ1n) is 8.37. The number of nitrogens with zero attached hydrogens (tertiary/aromatic N) is 1. The molecular weight excluding hydrogens is 393 g/mol. The second-order valence-corrected chi connectivity index (χ2v) is 6.00. The lowest BCUT2D eigenvalue weighted by Crippen LogP contribution is -2.44. The number of nitrogens with one attached hydrogen (secondary N) is 2. The Morgan fingerprint density at radius 2 is 2.14 bits per heavy atom. The normalized spacial score (nSPS) is 19.9. The van der Waals surface area contributed by atoms with E-state index >= 15 is 0 Å². The average Bonchev–Trinajstić information content (AvgIpc) is 2.95. The third-order valence-corrected chi connectivity index (χ3v) is 3.75. The van der Waals surface area contributed by atoms with Gasteiger partial charge in [0.25, 0.3) is 0 Å². The summed E-state index contributed by atoms with van der Waals surface area (Å²) >= 11 is 0. The van der Waals surface area contributed by atoms with E-state index in [0.29, 0.717) is 18.1 Å². The van der Waals surface area contributed by atoms with Crippen LogP contribution in [0.15, 0.2) is 4.99 Å². The van der Waals surface area contributed by atoms with E-state index in [4.69, 9.17) is 9.47 Å². The third-order valence-electron chi connectivity index (χ3n) is 3.75. The van der Waals surface area contributed by atoms with Crippen LogP contribution < -0.4 is 10.6 Å². The molecule has 0 radical (unpaired) electrons. The molecule has 1 aliphatic heterocycles. The summed E-state index contributed by atoms with van der Waals surface area (Å²) in [6, 6.07) is 0.415. The molecule has 2 unspecified atom stereocenters. The molecule has 0 aromatic rings. The van der Waals surface area contributed by atoms with E-state index in [1.807, 2.05) is 0 Å². The number of hydrogen-bond donors (Lipinski definition) is 2. The minimum atomic E-state index is 0. The van der Waals surface area contributed by atoms with Crippen molar-refractivity contribution >= 4 is 29.9 Å². The van der Waals surface area contributed by atoms with Gasteiger partial charge < -0.3 is 20.1 Å². The van der Waals surface area contributed by atoms with E-state index in [1.165, 1.54) is 6.42 Å². The summed E-state index contributed by atoms with van der Waals surface area (Å²) < 4.78 is 11.2. The van der Waals surface area contributed by atoms with E-state index in [-0.39, 0.29) is 24.0 Å². The molecule has 1 saturated heterocycles. The van der Waals surface area contributed by atoms with E-state index < -0.39 is 0 Å². The number of rotatable bonds is 9. The van der Waals surface area contributed by atoms with Crippen LogP contribution in [-0.4, -0.2) is 51.0 Å². The van der Waals surface area contributed by atoms with Gasteiger partial charge in [0, 0.05) is 32.3 Å². The third kappa shape index (κ3) is 9.84. The smallest absolute Gasteiger partial charge is 0.191 e. The maximum Gasteiger partial charge on any atom is 0.191 e. The Hall–Kier alpha value is -0.0800. The molecule has 1 rings (SSSR count). The van der Waals surface area contributed by atoms with Crippen molar-refractivity contribution in [2.24, 2.45) is 10.9 Å². The van der Waals surface area contributed by atoms with Crippen LogP contribution in [0.2, 0.25) is 0 Å².